The van der Waals surface area contributed by atoms with Crippen LogP contribution in [-0.2, 0) is 19.6 Å². The van der Waals surface area contributed by atoms with E-state index in [0.29, 0.717) is 91.8 Å². The van der Waals surface area contributed by atoms with Crippen molar-refractivity contribution in [2.45, 2.75) is 19.6 Å². The predicted octanol–water partition coefficient (Wildman–Crippen LogP) is 6.77. The molecule has 3 heterocycles. The number of anilines is 2. The highest BCUT2D eigenvalue weighted by Crippen LogP contribution is 2.28. The molecule has 14 nitrogen and oxygen atoms in total. The summed E-state index contributed by atoms with van der Waals surface area (Å²) in [4.78, 5) is 31.6. The highest BCUT2D eigenvalue weighted by Gasteiger charge is 2.19. The Hall–Kier alpha value is -6.22. The number of nitrogens with zero attached hydrogens (tertiary/aromatic N) is 6. The SMILES string of the molecule is O=[N+]([O-])c1ccc(N2CCN3CCNCc4ccccc4OCCN(CCOc4ccccc4C2)CCOc2ccccc2CN(c2ccc([N+](=O)[O-])cc2)CC3)cc1. The van der Waals surface area contributed by atoms with Crippen molar-refractivity contribution < 1.29 is 24.1 Å². The molecule has 8 rings (SSSR count). The third kappa shape index (κ3) is 11.5. The molecule has 0 amide bonds. The lowest BCUT2D eigenvalue weighted by molar-refractivity contribution is -0.385. The van der Waals surface area contributed by atoms with Gasteiger partial charge in [-0.05, 0) is 42.5 Å². The summed E-state index contributed by atoms with van der Waals surface area (Å²) in [6.07, 6.45) is 0. The van der Waals surface area contributed by atoms with Crippen LogP contribution in [0.5, 0.6) is 17.2 Å². The number of benzene rings is 5. The fourth-order valence-electron chi connectivity index (χ4n) is 7.43. The molecule has 59 heavy (non-hydrogen) atoms. The largest absolute Gasteiger partial charge is 0.492 e. The van der Waals surface area contributed by atoms with Crippen LogP contribution in [0, 0.1) is 20.2 Å². The number of para-hydroxylation sites is 3. The number of ether oxygens (including phenoxy) is 3. The van der Waals surface area contributed by atoms with Gasteiger partial charge in [-0.2, -0.15) is 0 Å². The molecule has 2 bridgehead atoms. The molecule has 0 aliphatic carbocycles. The Bertz CT molecular complexity index is 2020. The van der Waals surface area contributed by atoms with Gasteiger partial charge in [0.1, 0.15) is 37.1 Å². The van der Waals surface area contributed by atoms with E-state index >= 15 is 0 Å². The summed E-state index contributed by atoms with van der Waals surface area (Å²) in [6, 6.07) is 37.7. The molecular weight excluding hydrogens is 751 g/mol. The number of nitro groups is 2. The molecule has 0 atom stereocenters. The molecule has 308 valence electrons. The summed E-state index contributed by atoms with van der Waals surface area (Å²) in [7, 11) is 0. The Balaban J connectivity index is 1.26. The van der Waals surface area contributed by atoms with Gasteiger partial charge >= 0.3 is 0 Å². The second-order valence-corrected chi connectivity index (χ2v) is 14.6. The van der Waals surface area contributed by atoms with Gasteiger partial charge in [0.25, 0.3) is 11.4 Å². The van der Waals surface area contributed by atoms with Crippen molar-refractivity contribution >= 4 is 22.7 Å². The minimum absolute atomic E-state index is 0.0429. The van der Waals surface area contributed by atoms with Gasteiger partial charge in [-0.25, -0.2) is 0 Å². The van der Waals surface area contributed by atoms with Gasteiger partial charge in [0.2, 0.25) is 0 Å². The number of hydrogen-bond acceptors (Lipinski definition) is 12. The number of rotatable bonds is 4. The smallest absolute Gasteiger partial charge is 0.269 e. The third-order valence-electron chi connectivity index (χ3n) is 10.8. The van der Waals surface area contributed by atoms with Gasteiger partial charge in [-0.1, -0.05) is 54.6 Å². The molecule has 5 aromatic rings. The van der Waals surface area contributed by atoms with E-state index in [0.717, 1.165) is 51.9 Å². The van der Waals surface area contributed by atoms with Gasteiger partial charge in [0, 0.05) is 131 Å². The Morgan fingerprint density at radius 2 is 0.847 bits per heavy atom. The van der Waals surface area contributed by atoms with Crippen LogP contribution in [0.15, 0.2) is 121 Å². The van der Waals surface area contributed by atoms with Crippen LogP contribution in [-0.4, -0.2) is 98.4 Å². The van der Waals surface area contributed by atoms with Crippen molar-refractivity contribution in [3.8, 4) is 17.2 Å². The van der Waals surface area contributed by atoms with E-state index in [1.54, 1.807) is 24.3 Å². The van der Waals surface area contributed by atoms with Gasteiger partial charge in [-0.15, -0.1) is 0 Å². The molecule has 1 N–H and O–H groups in total. The van der Waals surface area contributed by atoms with E-state index in [1.165, 1.54) is 0 Å². The zero-order valence-electron chi connectivity index (χ0n) is 33.2. The van der Waals surface area contributed by atoms with Crippen molar-refractivity contribution in [2.75, 3.05) is 88.5 Å². The molecule has 0 saturated carbocycles. The molecule has 0 fully saturated rings. The van der Waals surface area contributed by atoms with Crippen LogP contribution in [0.1, 0.15) is 16.7 Å². The van der Waals surface area contributed by atoms with Gasteiger partial charge < -0.3 is 29.3 Å². The third-order valence-corrected chi connectivity index (χ3v) is 10.8. The zero-order chi connectivity index (χ0) is 40.8. The monoisotopic (exact) mass is 801 g/mol. The van der Waals surface area contributed by atoms with Crippen molar-refractivity contribution in [1.29, 1.82) is 0 Å². The molecule has 0 aromatic heterocycles. The molecule has 3 aliphatic heterocycles. The number of non-ortho nitro benzene ring substituents is 2. The lowest BCUT2D eigenvalue weighted by Gasteiger charge is -2.33. The Labute approximate surface area is 344 Å². The standard InChI is InChI=1S/C45H51N7O7/c53-51(54)41-17-13-39(14-18-41)49-25-23-47-22-21-46-33-36-7-1-4-10-43(36)57-30-27-48(28-31-58-44-11-5-2-8-37(44)34-49)29-32-59-45-12-6-3-9-38(45)35-50(26-24-47)40-15-19-42(20-16-40)52(55)56/h1-20,46H,21-35H2. The quantitative estimate of drug-likeness (QED) is 0.152. The Kier molecular flexibility index (Phi) is 14.2. The summed E-state index contributed by atoms with van der Waals surface area (Å²) in [5.41, 5.74) is 4.95. The van der Waals surface area contributed by atoms with Crippen LogP contribution in [0.3, 0.4) is 0 Å². The minimum Gasteiger partial charge on any atom is -0.492 e. The molecule has 0 spiro atoms. The molecule has 14 heteroatoms. The van der Waals surface area contributed by atoms with E-state index in [-0.39, 0.29) is 21.2 Å². The zero-order valence-corrected chi connectivity index (χ0v) is 33.2. The minimum atomic E-state index is -0.376. The highest BCUT2D eigenvalue weighted by molar-refractivity contribution is 5.53. The van der Waals surface area contributed by atoms with Crippen molar-refractivity contribution in [1.82, 2.24) is 15.1 Å². The lowest BCUT2D eigenvalue weighted by Crippen LogP contribution is -2.42. The summed E-state index contributed by atoms with van der Waals surface area (Å²) >= 11 is 0. The predicted molar refractivity (Wildman–Crippen MR) is 229 cm³/mol. The Morgan fingerprint density at radius 1 is 0.458 bits per heavy atom. The molecule has 5 aromatic carbocycles. The molecule has 0 radical (unpaired) electrons. The first-order valence-electron chi connectivity index (χ1n) is 20.2. The average molecular weight is 802 g/mol. The number of nitro benzene ring substituents is 2. The van der Waals surface area contributed by atoms with Crippen LogP contribution in [0.4, 0.5) is 22.7 Å². The second-order valence-electron chi connectivity index (χ2n) is 14.6. The van der Waals surface area contributed by atoms with Crippen LogP contribution < -0.4 is 29.3 Å². The summed E-state index contributed by atoms with van der Waals surface area (Å²) in [5, 5.41) is 26.8. The van der Waals surface area contributed by atoms with E-state index in [4.69, 9.17) is 14.2 Å². The fourth-order valence-corrected chi connectivity index (χ4v) is 7.43. The fraction of sp³-hybridized carbons (Fsp3) is 0.333. The van der Waals surface area contributed by atoms with Gasteiger partial charge in [0.05, 0.1) is 9.85 Å². The van der Waals surface area contributed by atoms with Crippen LogP contribution in [0.2, 0.25) is 0 Å². The topological polar surface area (TPSA) is 139 Å². The first-order chi connectivity index (χ1) is 28.9. The number of nitrogens with one attached hydrogen (secondary N) is 1. The summed E-state index contributed by atoms with van der Waals surface area (Å²) in [6.45, 7) is 9.12. The maximum absolute atomic E-state index is 11.6. The summed E-state index contributed by atoms with van der Waals surface area (Å²) < 4.78 is 19.4. The van der Waals surface area contributed by atoms with Gasteiger partial charge in [-0.3, -0.25) is 30.0 Å². The van der Waals surface area contributed by atoms with E-state index in [1.807, 2.05) is 78.9 Å². The first-order valence-corrected chi connectivity index (χ1v) is 20.2. The van der Waals surface area contributed by atoms with Crippen molar-refractivity contribution in [3.05, 3.63) is 158 Å². The maximum Gasteiger partial charge on any atom is 0.269 e. The number of fused-ring (bicyclic) bond motifs is 15. The molecule has 0 unspecified atom stereocenters. The summed E-state index contributed by atoms with van der Waals surface area (Å²) in [5.74, 6) is 2.44. The lowest BCUT2D eigenvalue weighted by atomic mass is 10.1. The molecule has 3 aliphatic rings. The Morgan fingerprint density at radius 3 is 1.29 bits per heavy atom. The van der Waals surface area contributed by atoms with Gasteiger partial charge in [0.15, 0.2) is 0 Å². The van der Waals surface area contributed by atoms with E-state index in [2.05, 4.69) is 43.1 Å². The van der Waals surface area contributed by atoms with Crippen molar-refractivity contribution in [2.24, 2.45) is 0 Å². The van der Waals surface area contributed by atoms with E-state index in [9.17, 15) is 20.2 Å². The van der Waals surface area contributed by atoms with Crippen LogP contribution >= 0.6 is 0 Å². The van der Waals surface area contributed by atoms with E-state index < -0.39 is 0 Å². The first kappa shape index (κ1) is 41.0. The molecule has 0 saturated heterocycles. The van der Waals surface area contributed by atoms with Crippen molar-refractivity contribution in [3.63, 3.8) is 0 Å². The highest BCUT2D eigenvalue weighted by atomic mass is 16.6. The van der Waals surface area contributed by atoms with Crippen LogP contribution in [0.25, 0.3) is 0 Å². The average Bonchev–Trinajstić information content (AvgIpc) is 3.25. The molecular formula is C45H51N7O7. The maximum atomic E-state index is 11.6. The second kappa shape index (κ2) is 20.5. The number of hydrogen-bond donors (Lipinski definition) is 1. The normalized spacial score (nSPS) is 18.7.